The van der Waals surface area contributed by atoms with Crippen LogP contribution >= 0.6 is 0 Å². The molecule has 0 heterocycles. The van der Waals surface area contributed by atoms with Crippen LogP contribution in [0.1, 0.15) is 29.5 Å². The summed E-state index contributed by atoms with van der Waals surface area (Å²) >= 11 is 0. The van der Waals surface area contributed by atoms with Gasteiger partial charge in [-0.25, -0.2) is 13.1 Å². The van der Waals surface area contributed by atoms with Gasteiger partial charge in [-0.15, -0.1) is 0 Å². The van der Waals surface area contributed by atoms with Gasteiger partial charge in [0.25, 0.3) is 0 Å². The van der Waals surface area contributed by atoms with Gasteiger partial charge in [0.2, 0.25) is 10.0 Å². The summed E-state index contributed by atoms with van der Waals surface area (Å²) in [7, 11) is -3.49. The number of hydrogen-bond acceptors (Lipinski definition) is 2. The Morgan fingerprint density at radius 3 is 2.19 bits per heavy atom. The van der Waals surface area contributed by atoms with E-state index in [1.807, 2.05) is 50.2 Å². The maximum atomic E-state index is 12.6. The molecule has 1 N–H and O–H groups in total. The van der Waals surface area contributed by atoms with Crippen molar-refractivity contribution < 1.29 is 8.42 Å². The highest BCUT2D eigenvalue weighted by molar-refractivity contribution is 7.89. The second-order valence-electron chi connectivity index (χ2n) is 5.80. The molecule has 110 valence electrons. The average Bonchev–Trinajstić information content (AvgIpc) is 3.23. The molecule has 3 nitrogen and oxygen atoms in total. The summed E-state index contributed by atoms with van der Waals surface area (Å²) in [5.41, 5.74) is 2.71. The lowest BCUT2D eigenvalue weighted by molar-refractivity contribution is 0.551. The first-order valence-electron chi connectivity index (χ1n) is 7.10. The summed E-state index contributed by atoms with van der Waals surface area (Å²) in [5, 5.41) is 0. The van der Waals surface area contributed by atoms with E-state index in [4.69, 9.17) is 0 Å². The van der Waals surface area contributed by atoms with Crippen LogP contribution in [0.15, 0.2) is 53.4 Å². The highest BCUT2D eigenvalue weighted by Crippen LogP contribution is 2.46. The van der Waals surface area contributed by atoms with Crippen LogP contribution in [-0.4, -0.2) is 8.42 Å². The molecule has 1 aliphatic rings. The van der Waals surface area contributed by atoms with Gasteiger partial charge < -0.3 is 0 Å². The van der Waals surface area contributed by atoms with Gasteiger partial charge in [0.05, 0.1) is 10.4 Å². The minimum absolute atomic E-state index is 0.341. The van der Waals surface area contributed by atoms with Crippen molar-refractivity contribution in [3.63, 3.8) is 0 Å². The maximum absolute atomic E-state index is 12.6. The molecular formula is C17H19NO2S. The third-order valence-electron chi connectivity index (χ3n) is 4.19. The average molecular weight is 301 g/mol. The Labute approximate surface area is 126 Å². The fourth-order valence-electron chi connectivity index (χ4n) is 2.53. The van der Waals surface area contributed by atoms with Crippen molar-refractivity contribution in [2.45, 2.75) is 37.1 Å². The standard InChI is InChI=1S/C17H19NO2S/c1-13-8-9-16(12-14(13)2)21(19,20)18-17(10-11-17)15-6-4-3-5-7-15/h3-9,12,18H,10-11H2,1-2H3. The van der Waals surface area contributed by atoms with Crippen LogP contribution in [0.5, 0.6) is 0 Å². The molecule has 4 heteroatoms. The number of aryl methyl sites for hydroxylation is 2. The molecule has 0 saturated heterocycles. The van der Waals surface area contributed by atoms with Crippen LogP contribution in [0.2, 0.25) is 0 Å². The van der Waals surface area contributed by atoms with Crippen molar-refractivity contribution in [2.75, 3.05) is 0 Å². The molecule has 0 bridgehead atoms. The van der Waals surface area contributed by atoms with Crippen molar-refractivity contribution in [2.24, 2.45) is 0 Å². The lowest BCUT2D eigenvalue weighted by atomic mass is 10.1. The summed E-state index contributed by atoms with van der Waals surface area (Å²) in [5.74, 6) is 0. The molecular weight excluding hydrogens is 282 g/mol. The topological polar surface area (TPSA) is 46.2 Å². The van der Waals surface area contributed by atoms with Gasteiger partial charge in [-0.1, -0.05) is 36.4 Å². The molecule has 0 unspecified atom stereocenters. The van der Waals surface area contributed by atoms with Crippen molar-refractivity contribution in [1.29, 1.82) is 0 Å². The van der Waals surface area contributed by atoms with Crippen molar-refractivity contribution in [3.8, 4) is 0 Å². The van der Waals surface area contributed by atoms with Crippen molar-refractivity contribution >= 4 is 10.0 Å². The van der Waals surface area contributed by atoms with Gasteiger partial charge in [0.1, 0.15) is 0 Å². The van der Waals surface area contributed by atoms with E-state index >= 15 is 0 Å². The molecule has 0 amide bonds. The molecule has 1 fully saturated rings. The summed E-state index contributed by atoms with van der Waals surface area (Å²) in [6, 6.07) is 15.1. The molecule has 21 heavy (non-hydrogen) atoms. The van der Waals surface area contributed by atoms with Crippen LogP contribution in [0.25, 0.3) is 0 Å². The zero-order chi connectivity index (χ0) is 15.1. The second kappa shape index (κ2) is 4.97. The fraction of sp³-hybridized carbons (Fsp3) is 0.294. The summed E-state index contributed by atoms with van der Waals surface area (Å²) in [6.07, 6.45) is 1.70. The molecule has 2 aromatic rings. The van der Waals surface area contributed by atoms with Crippen LogP contribution in [0.4, 0.5) is 0 Å². The van der Waals surface area contributed by atoms with Gasteiger partial charge in [-0.2, -0.15) is 0 Å². The zero-order valence-electron chi connectivity index (χ0n) is 12.3. The zero-order valence-corrected chi connectivity index (χ0v) is 13.1. The number of rotatable bonds is 4. The first-order valence-corrected chi connectivity index (χ1v) is 8.58. The monoisotopic (exact) mass is 301 g/mol. The first-order chi connectivity index (χ1) is 9.93. The molecule has 1 saturated carbocycles. The van der Waals surface area contributed by atoms with Crippen molar-refractivity contribution in [3.05, 3.63) is 65.2 Å². The van der Waals surface area contributed by atoms with Gasteiger partial charge in [0.15, 0.2) is 0 Å². The third-order valence-corrected chi connectivity index (χ3v) is 5.73. The summed E-state index contributed by atoms with van der Waals surface area (Å²) in [6.45, 7) is 3.91. The van der Waals surface area contributed by atoms with Gasteiger partial charge in [-0.05, 0) is 55.5 Å². The molecule has 3 rings (SSSR count). The van der Waals surface area contributed by atoms with Gasteiger partial charge in [0, 0.05) is 0 Å². The minimum atomic E-state index is -3.49. The van der Waals surface area contributed by atoms with Crippen LogP contribution in [0, 0.1) is 13.8 Å². The van der Waals surface area contributed by atoms with Crippen molar-refractivity contribution in [1.82, 2.24) is 4.72 Å². The molecule has 0 aliphatic heterocycles. The Hall–Kier alpha value is -1.65. The number of sulfonamides is 1. The largest absolute Gasteiger partial charge is 0.241 e. The van der Waals surface area contributed by atoms with Crippen LogP contribution in [0.3, 0.4) is 0 Å². The first kappa shape index (κ1) is 14.3. The Balaban J connectivity index is 1.92. The Morgan fingerprint density at radius 1 is 0.952 bits per heavy atom. The molecule has 0 radical (unpaired) electrons. The highest BCUT2D eigenvalue weighted by atomic mass is 32.2. The third kappa shape index (κ3) is 2.74. The number of hydrogen-bond donors (Lipinski definition) is 1. The van der Waals surface area contributed by atoms with E-state index in [1.165, 1.54) is 0 Å². The molecule has 1 aliphatic carbocycles. The van der Waals surface area contributed by atoms with E-state index in [9.17, 15) is 8.42 Å². The fourth-order valence-corrected chi connectivity index (χ4v) is 4.06. The van der Waals surface area contributed by atoms with E-state index < -0.39 is 15.6 Å². The minimum Gasteiger partial charge on any atom is -0.207 e. The SMILES string of the molecule is Cc1ccc(S(=O)(=O)NC2(c3ccccc3)CC2)cc1C. The van der Waals surface area contributed by atoms with E-state index in [1.54, 1.807) is 12.1 Å². The Bertz CT molecular complexity index is 763. The highest BCUT2D eigenvalue weighted by Gasteiger charge is 2.47. The Kier molecular flexibility index (Phi) is 3.38. The summed E-state index contributed by atoms with van der Waals surface area (Å²) in [4.78, 5) is 0.341. The van der Waals surface area contributed by atoms with E-state index in [2.05, 4.69) is 4.72 Å². The normalized spacial score (nSPS) is 16.7. The molecule has 0 atom stereocenters. The quantitative estimate of drug-likeness (QED) is 0.942. The predicted octanol–water partition coefficient (Wildman–Crippen LogP) is 3.27. The van der Waals surface area contributed by atoms with Crippen LogP contribution in [-0.2, 0) is 15.6 Å². The lowest BCUT2D eigenvalue weighted by Gasteiger charge is -2.18. The molecule has 0 aromatic heterocycles. The lowest BCUT2D eigenvalue weighted by Crippen LogP contribution is -2.34. The van der Waals surface area contributed by atoms with Crippen LogP contribution < -0.4 is 4.72 Å². The maximum Gasteiger partial charge on any atom is 0.241 e. The van der Waals surface area contributed by atoms with E-state index in [0.717, 1.165) is 29.5 Å². The molecule has 2 aromatic carbocycles. The molecule has 0 spiro atoms. The van der Waals surface area contributed by atoms with E-state index in [-0.39, 0.29) is 0 Å². The van der Waals surface area contributed by atoms with E-state index in [0.29, 0.717) is 4.90 Å². The Morgan fingerprint density at radius 2 is 1.62 bits per heavy atom. The second-order valence-corrected chi connectivity index (χ2v) is 7.48. The number of nitrogens with one attached hydrogen (secondary N) is 1. The summed E-state index contributed by atoms with van der Waals surface area (Å²) < 4.78 is 28.1. The predicted molar refractivity (Wildman–Crippen MR) is 83.6 cm³/mol. The smallest absolute Gasteiger partial charge is 0.207 e. The van der Waals surface area contributed by atoms with Gasteiger partial charge >= 0.3 is 0 Å². The number of benzene rings is 2. The van der Waals surface area contributed by atoms with Gasteiger partial charge in [-0.3, -0.25) is 0 Å².